The number of nitrogens with one attached hydrogen (secondary N) is 1. The van der Waals surface area contributed by atoms with Gasteiger partial charge in [0.25, 0.3) is 5.56 Å². The third-order valence-corrected chi connectivity index (χ3v) is 5.89. The van der Waals surface area contributed by atoms with Crippen molar-refractivity contribution in [3.05, 3.63) is 68.9 Å². The molecule has 3 rings (SSSR count). The summed E-state index contributed by atoms with van der Waals surface area (Å²) in [4.78, 5) is 30.0. The Balaban J connectivity index is 1.74. The van der Waals surface area contributed by atoms with Gasteiger partial charge in [0.2, 0.25) is 5.91 Å². The van der Waals surface area contributed by atoms with Crippen LogP contribution in [0, 0.1) is 0 Å². The van der Waals surface area contributed by atoms with Gasteiger partial charge in [-0.15, -0.1) is 0 Å². The first-order chi connectivity index (χ1) is 14.6. The lowest BCUT2D eigenvalue weighted by atomic mass is 10.2. The van der Waals surface area contributed by atoms with E-state index < -0.39 is 0 Å². The minimum Gasteiger partial charge on any atom is -0.382 e. The molecule has 0 saturated carbocycles. The van der Waals surface area contributed by atoms with E-state index in [1.807, 2.05) is 49.4 Å². The Morgan fingerprint density at radius 3 is 2.80 bits per heavy atom. The third kappa shape index (κ3) is 6.17. The van der Waals surface area contributed by atoms with Gasteiger partial charge in [0.05, 0.1) is 16.7 Å². The van der Waals surface area contributed by atoms with E-state index in [1.54, 1.807) is 10.6 Å². The van der Waals surface area contributed by atoms with Crippen molar-refractivity contribution in [1.29, 1.82) is 0 Å². The van der Waals surface area contributed by atoms with Crippen LogP contribution in [-0.4, -0.2) is 34.4 Å². The van der Waals surface area contributed by atoms with Crippen LogP contribution in [0.3, 0.4) is 0 Å². The summed E-state index contributed by atoms with van der Waals surface area (Å²) >= 11 is 4.69. The highest BCUT2D eigenvalue weighted by Crippen LogP contribution is 2.21. The van der Waals surface area contributed by atoms with E-state index in [0.29, 0.717) is 48.8 Å². The first-order valence-corrected chi connectivity index (χ1v) is 11.6. The Bertz CT molecular complexity index is 1060. The molecule has 1 N–H and O–H groups in total. The van der Waals surface area contributed by atoms with Crippen LogP contribution in [0.15, 0.2) is 63.0 Å². The number of carbonyl (C=O) groups is 1. The number of halogens is 1. The molecule has 0 aliphatic carbocycles. The summed E-state index contributed by atoms with van der Waals surface area (Å²) in [5.41, 5.74) is 1.56. The zero-order valence-corrected chi connectivity index (χ0v) is 19.2. The summed E-state index contributed by atoms with van der Waals surface area (Å²) in [5, 5.41) is 4.00. The summed E-state index contributed by atoms with van der Waals surface area (Å²) in [6.45, 7) is 4.11. The largest absolute Gasteiger partial charge is 0.382 e. The van der Waals surface area contributed by atoms with Gasteiger partial charge in [-0.2, -0.15) is 0 Å². The Labute approximate surface area is 188 Å². The van der Waals surface area contributed by atoms with Crippen LogP contribution in [0.5, 0.6) is 0 Å². The number of aromatic nitrogens is 2. The van der Waals surface area contributed by atoms with Crippen LogP contribution >= 0.6 is 27.7 Å². The molecule has 0 fully saturated rings. The van der Waals surface area contributed by atoms with Crippen molar-refractivity contribution in [2.75, 3.05) is 19.0 Å². The predicted molar refractivity (Wildman–Crippen MR) is 124 cm³/mol. The number of carbonyl (C=O) groups excluding carboxylic acids is 1. The number of fused-ring (bicyclic) bond motifs is 1. The van der Waals surface area contributed by atoms with Gasteiger partial charge in [0.1, 0.15) is 0 Å². The van der Waals surface area contributed by atoms with Gasteiger partial charge in [0.15, 0.2) is 5.16 Å². The number of hydrogen-bond acceptors (Lipinski definition) is 5. The molecule has 0 aliphatic rings. The first kappa shape index (κ1) is 22.5. The maximum absolute atomic E-state index is 13.1. The Morgan fingerprint density at radius 1 is 1.23 bits per heavy atom. The van der Waals surface area contributed by atoms with Crippen LogP contribution in [0.2, 0.25) is 0 Å². The number of amides is 1. The number of benzene rings is 2. The Kier molecular flexibility index (Phi) is 8.48. The predicted octanol–water partition coefficient (Wildman–Crippen LogP) is 3.99. The zero-order valence-electron chi connectivity index (χ0n) is 16.8. The molecule has 0 aliphatic heterocycles. The lowest BCUT2D eigenvalue weighted by Crippen LogP contribution is -2.27. The molecular weight excluding hydrogens is 466 g/mol. The molecule has 3 aromatic rings. The van der Waals surface area contributed by atoms with E-state index in [9.17, 15) is 9.59 Å². The molecule has 2 aromatic carbocycles. The lowest BCUT2D eigenvalue weighted by molar-refractivity contribution is -0.118. The van der Waals surface area contributed by atoms with Crippen LogP contribution in [-0.2, 0) is 22.6 Å². The third-order valence-electron chi connectivity index (χ3n) is 4.42. The Morgan fingerprint density at radius 2 is 2.03 bits per heavy atom. The van der Waals surface area contributed by atoms with E-state index in [4.69, 9.17) is 4.74 Å². The monoisotopic (exact) mass is 489 g/mol. The second kappa shape index (κ2) is 11.3. The molecule has 0 radical (unpaired) electrons. The molecule has 158 valence electrons. The van der Waals surface area contributed by atoms with Crippen LogP contribution in [0.1, 0.15) is 18.9 Å². The van der Waals surface area contributed by atoms with Crippen molar-refractivity contribution in [2.45, 2.75) is 31.6 Å². The molecule has 8 heteroatoms. The van der Waals surface area contributed by atoms with E-state index in [2.05, 4.69) is 26.2 Å². The van der Waals surface area contributed by atoms with Gasteiger partial charge >= 0.3 is 0 Å². The number of nitrogens with zero attached hydrogens (tertiary/aromatic N) is 2. The molecule has 0 bridgehead atoms. The second-order valence-corrected chi connectivity index (χ2v) is 8.47. The summed E-state index contributed by atoms with van der Waals surface area (Å²) in [6.07, 6.45) is 0.697. The lowest BCUT2D eigenvalue weighted by Gasteiger charge is -2.13. The number of rotatable bonds is 10. The van der Waals surface area contributed by atoms with Crippen molar-refractivity contribution in [1.82, 2.24) is 14.9 Å². The molecule has 1 aromatic heterocycles. The smallest absolute Gasteiger partial charge is 0.262 e. The molecule has 0 unspecified atom stereocenters. The molecule has 30 heavy (non-hydrogen) atoms. The SMILES string of the molecule is CCOCCCn1c(SCC(=O)NCc2ccccc2)nc2ccc(Br)cc2c1=O. The molecule has 0 atom stereocenters. The molecule has 0 spiro atoms. The molecule has 1 amide bonds. The zero-order chi connectivity index (χ0) is 21.3. The van der Waals surface area contributed by atoms with Gasteiger partial charge in [0, 0.05) is 30.8 Å². The standard InChI is InChI=1S/C22H24BrN3O3S/c1-2-29-12-6-11-26-21(28)18-13-17(23)9-10-19(18)25-22(26)30-15-20(27)24-14-16-7-4-3-5-8-16/h3-5,7-10,13H,2,6,11-12,14-15H2,1H3,(H,24,27). The second-order valence-electron chi connectivity index (χ2n) is 6.61. The fourth-order valence-corrected chi connectivity index (χ4v) is 4.14. The van der Waals surface area contributed by atoms with Gasteiger partial charge in [-0.3, -0.25) is 14.2 Å². The van der Waals surface area contributed by atoms with Crippen molar-refractivity contribution < 1.29 is 9.53 Å². The average molecular weight is 490 g/mol. The van der Waals surface area contributed by atoms with Gasteiger partial charge in [-0.1, -0.05) is 58.0 Å². The minimum atomic E-state index is -0.106. The molecular formula is C22H24BrN3O3S. The number of hydrogen-bond donors (Lipinski definition) is 1. The van der Waals surface area contributed by atoms with Crippen molar-refractivity contribution in [2.24, 2.45) is 0 Å². The molecule has 1 heterocycles. The van der Waals surface area contributed by atoms with Crippen molar-refractivity contribution in [3.8, 4) is 0 Å². The summed E-state index contributed by atoms with van der Waals surface area (Å²) in [7, 11) is 0. The fourth-order valence-electron chi connectivity index (χ4n) is 2.93. The number of ether oxygens (including phenoxy) is 1. The van der Waals surface area contributed by atoms with Crippen LogP contribution in [0.25, 0.3) is 10.9 Å². The van der Waals surface area contributed by atoms with E-state index in [-0.39, 0.29) is 17.2 Å². The van der Waals surface area contributed by atoms with E-state index in [1.165, 1.54) is 11.8 Å². The summed E-state index contributed by atoms with van der Waals surface area (Å²) in [5.74, 6) is 0.0853. The molecule has 6 nitrogen and oxygen atoms in total. The van der Waals surface area contributed by atoms with E-state index in [0.717, 1.165) is 10.0 Å². The summed E-state index contributed by atoms with van der Waals surface area (Å²) < 4.78 is 7.87. The highest BCUT2D eigenvalue weighted by molar-refractivity contribution is 9.10. The Hall–Kier alpha value is -2.16. The summed E-state index contributed by atoms with van der Waals surface area (Å²) in [6, 6.07) is 15.2. The normalized spacial score (nSPS) is 11.0. The van der Waals surface area contributed by atoms with Gasteiger partial charge in [-0.05, 0) is 37.1 Å². The van der Waals surface area contributed by atoms with Crippen molar-refractivity contribution >= 4 is 44.5 Å². The maximum atomic E-state index is 13.1. The minimum absolute atomic E-state index is 0.102. The molecule has 0 saturated heterocycles. The van der Waals surface area contributed by atoms with Crippen LogP contribution < -0.4 is 10.9 Å². The van der Waals surface area contributed by atoms with Gasteiger partial charge < -0.3 is 10.1 Å². The first-order valence-electron chi connectivity index (χ1n) is 9.79. The topological polar surface area (TPSA) is 73.2 Å². The van der Waals surface area contributed by atoms with Crippen LogP contribution in [0.4, 0.5) is 0 Å². The maximum Gasteiger partial charge on any atom is 0.262 e. The highest BCUT2D eigenvalue weighted by atomic mass is 79.9. The van der Waals surface area contributed by atoms with E-state index >= 15 is 0 Å². The van der Waals surface area contributed by atoms with Crippen molar-refractivity contribution in [3.63, 3.8) is 0 Å². The quantitative estimate of drug-likeness (QED) is 0.264. The average Bonchev–Trinajstić information content (AvgIpc) is 2.76. The fraction of sp³-hybridized carbons (Fsp3) is 0.318. The van der Waals surface area contributed by atoms with Gasteiger partial charge in [-0.25, -0.2) is 4.98 Å². The highest BCUT2D eigenvalue weighted by Gasteiger charge is 2.14. The number of thioether (sulfide) groups is 1.